The Kier molecular flexibility index (Phi) is 5.76. The lowest BCUT2D eigenvalue weighted by Gasteiger charge is -2.13. The number of thioether (sulfide) groups is 1. The lowest BCUT2D eigenvalue weighted by Crippen LogP contribution is -2.33. The highest BCUT2D eigenvalue weighted by Gasteiger charge is 2.05. The van der Waals surface area contributed by atoms with E-state index in [2.05, 4.69) is 31.3 Å². The van der Waals surface area contributed by atoms with Crippen LogP contribution in [0.15, 0.2) is 35.2 Å². The van der Waals surface area contributed by atoms with Gasteiger partial charge < -0.3 is 10.4 Å². The molecule has 0 bridgehead atoms. The van der Waals surface area contributed by atoms with E-state index in [1.165, 1.54) is 4.90 Å². The van der Waals surface area contributed by atoms with E-state index in [-0.39, 0.29) is 6.10 Å². The molecule has 3 heteroatoms. The molecule has 0 radical (unpaired) electrons. The summed E-state index contributed by atoms with van der Waals surface area (Å²) in [7, 11) is 0. The number of nitrogens with one attached hydrogen (secondary N) is 1. The van der Waals surface area contributed by atoms with Crippen LogP contribution in [0.5, 0.6) is 0 Å². The molecule has 0 aromatic heterocycles. The Morgan fingerprint density at radius 1 is 1.27 bits per heavy atom. The summed E-state index contributed by atoms with van der Waals surface area (Å²) in [5.74, 6) is 0.740. The van der Waals surface area contributed by atoms with Crippen LogP contribution in [0, 0.1) is 0 Å². The van der Waals surface area contributed by atoms with E-state index in [0.29, 0.717) is 12.6 Å². The first-order chi connectivity index (χ1) is 7.18. The van der Waals surface area contributed by atoms with Crippen molar-refractivity contribution < 1.29 is 5.11 Å². The summed E-state index contributed by atoms with van der Waals surface area (Å²) >= 11 is 1.69. The van der Waals surface area contributed by atoms with E-state index >= 15 is 0 Å². The van der Waals surface area contributed by atoms with E-state index in [0.717, 1.165) is 5.75 Å². The topological polar surface area (TPSA) is 32.3 Å². The Balaban J connectivity index is 2.19. The number of benzene rings is 1. The Labute approximate surface area is 96.1 Å². The van der Waals surface area contributed by atoms with Gasteiger partial charge in [0.2, 0.25) is 0 Å². The highest BCUT2D eigenvalue weighted by molar-refractivity contribution is 7.99. The molecule has 0 heterocycles. The molecule has 0 spiro atoms. The van der Waals surface area contributed by atoms with Crippen molar-refractivity contribution in [1.29, 1.82) is 0 Å². The predicted octanol–water partition coefficient (Wildman–Crippen LogP) is 2.14. The Hall–Kier alpha value is -0.510. The zero-order valence-corrected chi connectivity index (χ0v) is 10.1. The van der Waals surface area contributed by atoms with Gasteiger partial charge in [0.1, 0.15) is 0 Å². The van der Waals surface area contributed by atoms with Crippen molar-refractivity contribution in [2.75, 3.05) is 12.3 Å². The summed E-state index contributed by atoms with van der Waals surface area (Å²) in [5.41, 5.74) is 0. The van der Waals surface area contributed by atoms with Crippen molar-refractivity contribution in [1.82, 2.24) is 5.32 Å². The van der Waals surface area contributed by atoms with Crippen molar-refractivity contribution in [2.24, 2.45) is 0 Å². The third-order valence-corrected chi connectivity index (χ3v) is 3.10. The van der Waals surface area contributed by atoms with Crippen LogP contribution in [0.25, 0.3) is 0 Å². The summed E-state index contributed by atoms with van der Waals surface area (Å²) in [4.78, 5) is 1.21. The highest BCUT2D eigenvalue weighted by Crippen LogP contribution is 2.17. The monoisotopic (exact) mass is 225 g/mol. The van der Waals surface area contributed by atoms with Crippen LogP contribution in [0.4, 0.5) is 0 Å². The molecule has 84 valence electrons. The van der Waals surface area contributed by atoms with E-state index in [9.17, 15) is 5.11 Å². The Bertz CT molecular complexity index is 264. The van der Waals surface area contributed by atoms with Gasteiger partial charge in [-0.05, 0) is 12.1 Å². The van der Waals surface area contributed by atoms with Gasteiger partial charge in [0.25, 0.3) is 0 Å². The molecule has 0 fully saturated rings. The van der Waals surface area contributed by atoms with Crippen LogP contribution in [0.3, 0.4) is 0 Å². The quantitative estimate of drug-likeness (QED) is 0.728. The summed E-state index contributed by atoms with van der Waals surface area (Å²) in [6.45, 7) is 4.83. The predicted molar refractivity (Wildman–Crippen MR) is 66.3 cm³/mol. The van der Waals surface area contributed by atoms with E-state index < -0.39 is 0 Å². The molecule has 2 nitrogen and oxygen atoms in total. The molecule has 0 aliphatic rings. The minimum absolute atomic E-state index is 0.280. The average molecular weight is 225 g/mol. The van der Waals surface area contributed by atoms with Crippen LogP contribution in [0.2, 0.25) is 0 Å². The molecule has 1 aromatic carbocycles. The smallest absolute Gasteiger partial charge is 0.0758 e. The third kappa shape index (κ3) is 5.82. The second kappa shape index (κ2) is 6.88. The van der Waals surface area contributed by atoms with Gasteiger partial charge in [0.15, 0.2) is 0 Å². The van der Waals surface area contributed by atoms with Crippen molar-refractivity contribution >= 4 is 11.8 Å². The van der Waals surface area contributed by atoms with Crippen LogP contribution in [-0.2, 0) is 0 Å². The molecule has 1 unspecified atom stereocenters. The van der Waals surface area contributed by atoms with Gasteiger partial charge >= 0.3 is 0 Å². The maximum atomic E-state index is 9.68. The molecule has 2 N–H and O–H groups in total. The normalized spacial score (nSPS) is 13.1. The Morgan fingerprint density at radius 2 is 1.93 bits per heavy atom. The zero-order chi connectivity index (χ0) is 11.1. The fraction of sp³-hybridized carbons (Fsp3) is 0.500. The third-order valence-electron chi connectivity index (χ3n) is 1.95. The molecule has 0 aliphatic heterocycles. The molecule has 0 amide bonds. The molecule has 0 aliphatic carbocycles. The van der Waals surface area contributed by atoms with Gasteiger partial charge in [-0.25, -0.2) is 0 Å². The van der Waals surface area contributed by atoms with Gasteiger partial charge in [-0.2, -0.15) is 0 Å². The zero-order valence-electron chi connectivity index (χ0n) is 9.31. The van der Waals surface area contributed by atoms with Crippen molar-refractivity contribution in [3.63, 3.8) is 0 Å². The largest absolute Gasteiger partial charge is 0.391 e. The number of aliphatic hydroxyl groups excluding tert-OH is 1. The van der Waals surface area contributed by atoms with Crippen molar-refractivity contribution in [3.05, 3.63) is 30.3 Å². The molecule has 0 saturated carbocycles. The van der Waals surface area contributed by atoms with E-state index in [4.69, 9.17) is 0 Å². The second-order valence-electron chi connectivity index (χ2n) is 3.84. The summed E-state index contributed by atoms with van der Waals surface area (Å²) in [6.07, 6.45) is -0.280. The Morgan fingerprint density at radius 3 is 2.53 bits per heavy atom. The first-order valence-corrected chi connectivity index (χ1v) is 6.26. The minimum Gasteiger partial charge on any atom is -0.391 e. The van der Waals surface area contributed by atoms with Crippen molar-refractivity contribution in [3.8, 4) is 0 Å². The number of hydrogen-bond acceptors (Lipinski definition) is 3. The summed E-state index contributed by atoms with van der Waals surface area (Å²) in [6, 6.07) is 10.6. The van der Waals surface area contributed by atoms with Gasteiger partial charge in [0.05, 0.1) is 6.10 Å². The second-order valence-corrected chi connectivity index (χ2v) is 4.93. The van der Waals surface area contributed by atoms with E-state index in [1.807, 2.05) is 18.2 Å². The molecule has 0 saturated heterocycles. The number of hydrogen-bond donors (Lipinski definition) is 2. The lowest BCUT2D eigenvalue weighted by atomic mass is 10.3. The summed E-state index contributed by atoms with van der Waals surface area (Å²) < 4.78 is 0. The van der Waals surface area contributed by atoms with Crippen LogP contribution in [-0.4, -0.2) is 29.5 Å². The maximum absolute atomic E-state index is 9.68. The molecular weight excluding hydrogens is 206 g/mol. The highest BCUT2D eigenvalue weighted by atomic mass is 32.2. The summed E-state index contributed by atoms with van der Waals surface area (Å²) in [5, 5.41) is 12.9. The molecule has 1 atom stereocenters. The lowest BCUT2D eigenvalue weighted by molar-refractivity contribution is 0.192. The fourth-order valence-corrected chi connectivity index (χ4v) is 1.99. The minimum atomic E-state index is -0.280. The van der Waals surface area contributed by atoms with Gasteiger partial charge in [-0.1, -0.05) is 32.0 Å². The maximum Gasteiger partial charge on any atom is 0.0758 e. The standard InChI is InChI=1S/C12H19NOS/c1-10(2)13-8-11(14)9-15-12-6-4-3-5-7-12/h3-7,10-11,13-14H,8-9H2,1-2H3. The number of aliphatic hydroxyl groups is 1. The molecular formula is C12H19NOS. The molecule has 15 heavy (non-hydrogen) atoms. The van der Waals surface area contributed by atoms with Crippen LogP contribution in [0.1, 0.15) is 13.8 Å². The fourth-order valence-electron chi connectivity index (χ4n) is 1.14. The molecule has 1 aromatic rings. The van der Waals surface area contributed by atoms with Gasteiger partial charge in [0, 0.05) is 23.2 Å². The SMILES string of the molecule is CC(C)NCC(O)CSc1ccccc1. The van der Waals surface area contributed by atoms with Crippen LogP contribution < -0.4 is 5.32 Å². The molecule has 1 rings (SSSR count). The van der Waals surface area contributed by atoms with Gasteiger partial charge in [-0.3, -0.25) is 0 Å². The van der Waals surface area contributed by atoms with Gasteiger partial charge in [-0.15, -0.1) is 11.8 Å². The van der Waals surface area contributed by atoms with E-state index in [1.54, 1.807) is 11.8 Å². The first-order valence-electron chi connectivity index (χ1n) is 5.28. The van der Waals surface area contributed by atoms with Crippen LogP contribution >= 0.6 is 11.8 Å². The first kappa shape index (κ1) is 12.6. The van der Waals surface area contributed by atoms with Crippen molar-refractivity contribution in [2.45, 2.75) is 30.9 Å². The average Bonchev–Trinajstić information content (AvgIpc) is 2.25. The number of rotatable bonds is 6.